The first-order chi connectivity index (χ1) is 13.9. The Morgan fingerprint density at radius 1 is 1.07 bits per heavy atom. The first-order valence-electron chi connectivity index (χ1n) is 8.62. The number of nitro benzene ring substituents is 1. The Labute approximate surface area is 176 Å². The molecule has 1 saturated heterocycles. The van der Waals surface area contributed by atoms with Crippen LogP contribution in [-0.4, -0.2) is 15.2 Å². The third-order valence-corrected chi connectivity index (χ3v) is 5.77. The molecule has 2 aromatic carbocycles. The maximum Gasteiger partial charge on any atom is 0.296 e. The van der Waals surface area contributed by atoms with Crippen molar-refractivity contribution in [2.24, 2.45) is 0 Å². The van der Waals surface area contributed by atoms with Crippen molar-refractivity contribution in [1.82, 2.24) is 0 Å². The standard InChI is InChI=1S/C21H14N2O4S2/c1-13-2-6-15(7-3-13)22-20(28)19(29-21(22)24)12-17-10-11-18(27-17)14-4-8-16(9-5-14)23(25)26/h2-12H,1H3. The molecule has 8 heteroatoms. The molecule has 144 valence electrons. The molecule has 0 saturated carbocycles. The molecular weight excluding hydrogens is 408 g/mol. The fourth-order valence-electron chi connectivity index (χ4n) is 2.85. The van der Waals surface area contributed by atoms with Crippen molar-refractivity contribution in [3.05, 3.63) is 87.0 Å². The summed E-state index contributed by atoms with van der Waals surface area (Å²) >= 11 is 6.56. The Kier molecular flexibility index (Phi) is 5.04. The number of nitrogens with zero attached hydrogens (tertiary/aromatic N) is 2. The van der Waals surface area contributed by atoms with Crippen LogP contribution in [0.2, 0.25) is 0 Å². The number of thiocarbonyl (C=S) groups is 1. The number of anilines is 1. The van der Waals surface area contributed by atoms with Crippen LogP contribution in [0.15, 0.2) is 70.0 Å². The van der Waals surface area contributed by atoms with E-state index in [0.29, 0.717) is 21.4 Å². The molecule has 0 bridgehead atoms. The van der Waals surface area contributed by atoms with Crippen molar-refractivity contribution in [2.45, 2.75) is 6.92 Å². The molecule has 4 rings (SSSR count). The average Bonchev–Trinajstić information content (AvgIpc) is 3.28. The van der Waals surface area contributed by atoms with Crippen LogP contribution in [0.5, 0.6) is 0 Å². The van der Waals surface area contributed by atoms with E-state index in [9.17, 15) is 14.9 Å². The van der Waals surface area contributed by atoms with Crippen LogP contribution in [0, 0.1) is 17.0 Å². The monoisotopic (exact) mass is 422 g/mol. The van der Waals surface area contributed by atoms with Crippen LogP contribution in [0.1, 0.15) is 11.3 Å². The van der Waals surface area contributed by atoms with Crippen LogP contribution >= 0.6 is 24.0 Å². The molecule has 1 fully saturated rings. The Balaban J connectivity index is 1.57. The second kappa shape index (κ2) is 7.65. The van der Waals surface area contributed by atoms with E-state index in [0.717, 1.165) is 28.6 Å². The molecule has 1 aliphatic rings. The fourth-order valence-corrected chi connectivity index (χ4v) is 4.11. The van der Waals surface area contributed by atoms with Gasteiger partial charge in [-0.1, -0.05) is 29.9 Å². The topological polar surface area (TPSA) is 76.6 Å². The van der Waals surface area contributed by atoms with Crippen molar-refractivity contribution in [3.63, 3.8) is 0 Å². The largest absolute Gasteiger partial charge is 0.457 e. The van der Waals surface area contributed by atoms with Gasteiger partial charge in [0, 0.05) is 17.7 Å². The summed E-state index contributed by atoms with van der Waals surface area (Å²) in [5.41, 5.74) is 2.57. The Morgan fingerprint density at radius 2 is 1.76 bits per heavy atom. The quantitative estimate of drug-likeness (QED) is 0.215. The maximum atomic E-state index is 12.5. The number of furan rings is 1. The lowest BCUT2D eigenvalue weighted by Gasteiger charge is -2.14. The first-order valence-corrected chi connectivity index (χ1v) is 9.84. The zero-order valence-corrected chi connectivity index (χ0v) is 16.8. The SMILES string of the molecule is Cc1ccc(N2C(=O)SC(=Cc3ccc(-c4ccc([N+](=O)[O-])cc4)o3)C2=S)cc1. The minimum atomic E-state index is -0.448. The Hall–Kier alpha value is -3.23. The predicted octanol–water partition coefficient (Wildman–Crippen LogP) is 6.20. The van der Waals surface area contributed by atoms with Gasteiger partial charge in [-0.15, -0.1) is 0 Å². The number of amides is 1. The summed E-state index contributed by atoms with van der Waals surface area (Å²) in [4.78, 5) is 25.4. The molecule has 29 heavy (non-hydrogen) atoms. The highest BCUT2D eigenvalue weighted by Gasteiger charge is 2.33. The third-order valence-electron chi connectivity index (χ3n) is 4.35. The van der Waals surface area contributed by atoms with Crippen LogP contribution < -0.4 is 4.90 Å². The van der Waals surface area contributed by atoms with E-state index < -0.39 is 4.92 Å². The second-order valence-corrected chi connectivity index (χ2v) is 7.74. The number of benzene rings is 2. The molecule has 0 N–H and O–H groups in total. The highest BCUT2D eigenvalue weighted by atomic mass is 32.2. The molecule has 2 heterocycles. The van der Waals surface area contributed by atoms with E-state index in [4.69, 9.17) is 16.6 Å². The van der Waals surface area contributed by atoms with Gasteiger partial charge in [0.15, 0.2) is 0 Å². The fraction of sp³-hybridized carbons (Fsp3) is 0.0476. The summed E-state index contributed by atoms with van der Waals surface area (Å²) in [7, 11) is 0. The van der Waals surface area contributed by atoms with Crippen LogP contribution in [0.25, 0.3) is 17.4 Å². The molecule has 0 aliphatic carbocycles. The number of carbonyl (C=O) groups is 1. The predicted molar refractivity (Wildman–Crippen MR) is 118 cm³/mol. The van der Waals surface area contributed by atoms with Crippen molar-refractivity contribution >= 4 is 51.7 Å². The molecule has 0 atom stereocenters. The lowest BCUT2D eigenvalue weighted by atomic mass is 10.1. The summed E-state index contributed by atoms with van der Waals surface area (Å²) < 4.78 is 5.82. The van der Waals surface area contributed by atoms with E-state index >= 15 is 0 Å². The third kappa shape index (κ3) is 3.85. The zero-order chi connectivity index (χ0) is 20.5. The summed E-state index contributed by atoms with van der Waals surface area (Å²) in [5, 5.41) is 10.6. The van der Waals surface area contributed by atoms with Crippen molar-refractivity contribution in [1.29, 1.82) is 0 Å². The second-order valence-electron chi connectivity index (χ2n) is 6.36. The van der Waals surface area contributed by atoms with Gasteiger partial charge in [-0.2, -0.15) is 0 Å². The minimum absolute atomic E-state index is 0.0186. The lowest BCUT2D eigenvalue weighted by Crippen LogP contribution is -2.26. The molecule has 6 nitrogen and oxygen atoms in total. The van der Waals surface area contributed by atoms with Gasteiger partial charge in [-0.25, -0.2) is 0 Å². The lowest BCUT2D eigenvalue weighted by molar-refractivity contribution is -0.384. The molecule has 1 amide bonds. The number of thioether (sulfide) groups is 1. The van der Waals surface area contributed by atoms with Gasteiger partial charge in [-0.3, -0.25) is 19.8 Å². The van der Waals surface area contributed by atoms with Gasteiger partial charge in [-0.05, 0) is 61.2 Å². The highest BCUT2D eigenvalue weighted by Crippen LogP contribution is 2.37. The van der Waals surface area contributed by atoms with Crippen molar-refractivity contribution in [2.75, 3.05) is 4.90 Å². The zero-order valence-electron chi connectivity index (χ0n) is 15.2. The van der Waals surface area contributed by atoms with E-state index in [1.54, 1.807) is 30.3 Å². The molecular formula is C21H14N2O4S2. The smallest absolute Gasteiger partial charge is 0.296 e. The number of hydrogen-bond acceptors (Lipinski definition) is 6. The Bertz CT molecular complexity index is 1150. The molecule has 3 aromatic rings. The molecule has 1 aliphatic heterocycles. The van der Waals surface area contributed by atoms with E-state index in [-0.39, 0.29) is 10.9 Å². The van der Waals surface area contributed by atoms with Crippen molar-refractivity contribution in [3.8, 4) is 11.3 Å². The normalized spacial score (nSPS) is 15.3. The highest BCUT2D eigenvalue weighted by molar-refractivity contribution is 8.20. The summed E-state index contributed by atoms with van der Waals surface area (Å²) in [6.07, 6.45) is 1.73. The van der Waals surface area contributed by atoms with E-state index in [1.807, 2.05) is 31.2 Å². The molecule has 1 aromatic heterocycles. The number of aryl methyl sites for hydroxylation is 1. The molecule has 0 unspecified atom stereocenters. The van der Waals surface area contributed by atoms with Crippen LogP contribution in [0.3, 0.4) is 0 Å². The van der Waals surface area contributed by atoms with E-state index in [2.05, 4.69) is 0 Å². The van der Waals surface area contributed by atoms with Gasteiger partial charge in [0.1, 0.15) is 16.5 Å². The number of nitro groups is 1. The minimum Gasteiger partial charge on any atom is -0.457 e. The van der Waals surface area contributed by atoms with Gasteiger partial charge in [0.2, 0.25) is 0 Å². The molecule has 0 radical (unpaired) electrons. The number of carbonyl (C=O) groups excluding carboxylic acids is 1. The number of non-ortho nitro benzene ring substituents is 1. The summed E-state index contributed by atoms with van der Waals surface area (Å²) in [6, 6.07) is 17.2. The summed E-state index contributed by atoms with van der Waals surface area (Å²) in [5.74, 6) is 1.11. The van der Waals surface area contributed by atoms with Crippen LogP contribution in [-0.2, 0) is 0 Å². The van der Waals surface area contributed by atoms with Gasteiger partial charge >= 0.3 is 0 Å². The first kappa shape index (κ1) is 19.1. The average molecular weight is 422 g/mol. The van der Waals surface area contributed by atoms with Gasteiger partial charge in [0.05, 0.1) is 15.5 Å². The van der Waals surface area contributed by atoms with Crippen LogP contribution in [0.4, 0.5) is 16.2 Å². The number of rotatable bonds is 4. The van der Waals surface area contributed by atoms with E-state index in [1.165, 1.54) is 17.0 Å². The molecule has 0 spiro atoms. The van der Waals surface area contributed by atoms with Gasteiger partial charge < -0.3 is 4.42 Å². The summed E-state index contributed by atoms with van der Waals surface area (Å²) in [6.45, 7) is 1.98. The number of hydrogen-bond donors (Lipinski definition) is 0. The van der Waals surface area contributed by atoms with Gasteiger partial charge in [0.25, 0.3) is 10.9 Å². The Morgan fingerprint density at radius 3 is 2.41 bits per heavy atom. The van der Waals surface area contributed by atoms with Crippen molar-refractivity contribution < 1.29 is 14.1 Å². The maximum absolute atomic E-state index is 12.5.